The van der Waals surface area contributed by atoms with Gasteiger partial charge in [0.25, 0.3) is 0 Å². The largest absolute Gasteiger partial charge is 0.441 e. The molecule has 4 aliphatic rings. The van der Waals surface area contributed by atoms with Crippen LogP contribution in [0.1, 0.15) is 25.3 Å². The van der Waals surface area contributed by atoms with Gasteiger partial charge in [-0.2, -0.15) is 5.10 Å². The van der Waals surface area contributed by atoms with Crippen LogP contribution in [0.25, 0.3) is 5.52 Å². The summed E-state index contributed by atoms with van der Waals surface area (Å²) in [6.45, 7) is 8.68. The second-order valence-corrected chi connectivity index (χ2v) is 10.1. The molecule has 0 N–H and O–H groups in total. The quantitative estimate of drug-likeness (QED) is 0.591. The summed E-state index contributed by atoms with van der Waals surface area (Å²) in [5, 5.41) is 4.55. The molecule has 6 rings (SSSR count). The monoisotopic (exact) mass is 509 g/mol. The van der Waals surface area contributed by atoms with E-state index < -0.39 is 0 Å². The summed E-state index contributed by atoms with van der Waals surface area (Å²) >= 11 is 0. The van der Waals surface area contributed by atoms with Crippen LogP contribution < -0.4 is 4.90 Å². The predicted octanol–water partition coefficient (Wildman–Crippen LogP) is 2.55. The maximum Gasteiger partial charge on any atom is 0.410 e. The van der Waals surface area contributed by atoms with E-state index in [-0.39, 0.29) is 23.7 Å². The molecule has 0 radical (unpaired) electrons. The molecule has 1 atom stereocenters. The SMILES string of the molecule is CCOC1(C2C=CC(c3cc4c(N5CCN(C(=O)OC6COC6)CC5)ccnn4c3)=NC2)CCOCC1. The Hall–Kier alpha value is -2.95. The number of fused-ring (bicyclic) bond motifs is 1. The Bertz CT molecular complexity index is 1170. The lowest BCUT2D eigenvalue weighted by Gasteiger charge is -2.42. The first-order chi connectivity index (χ1) is 18.1. The molecule has 0 saturated carbocycles. The molecular weight excluding hydrogens is 474 g/mol. The Balaban J connectivity index is 1.14. The van der Waals surface area contributed by atoms with Crippen molar-refractivity contribution in [3.05, 3.63) is 42.2 Å². The number of nitrogens with zero attached hydrogens (tertiary/aromatic N) is 5. The van der Waals surface area contributed by atoms with Crippen molar-refractivity contribution in [2.24, 2.45) is 10.9 Å². The van der Waals surface area contributed by atoms with E-state index in [9.17, 15) is 4.79 Å². The van der Waals surface area contributed by atoms with Crippen LogP contribution in [0, 0.1) is 5.92 Å². The number of dihydropyridines is 1. The van der Waals surface area contributed by atoms with E-state index in [1.165, 1.54) is 0 Å². The highest BCUT2D eigenvalue weighted by Gasteiger charge is 2.40. The molecule has 1 amide bonds. The maximum atomic E-state index is 12.4. The number of carbonyl (C=O) groups excluding carboxylic acids is 1. The third-order valence-electron chi connectivity index (χ3n) is 7.93. The number of aliphatic imine (C=N–C) groups is 1. The van der Waals surface area contributed by atoms with Crippen LogP contribution in [-0.4, -0.2) is 104 Å². The fourth-order valence-electron chi connectivity index (χ4n) is 5.71. The van der Waals surface area contributed by atoms with Crippen molar-refractivity contribution in [1.82, 2.24) is 14.5 Å². The minimum atomic E-state index is -0.245. The summed E-state index contributed by atoms with van der Waals surface area (Å²) in [6, 6.07) is 4.21. The number of ether oxygens (including phenoxy) is 4. The van der Waals surface area contributed by atoms with E-state index in [2.05, 4.69) is 35.1 Å². The van der Waals surface area contributed by atoms with Crippen molar-refractivity contribution in [2.45, 2.75) is 31.5 Å². The number of hydrogen-bond acceptors (Lipinski definition) is 8. The number of allylic oxidation sites excluding steroid dienone is 1. The molecule has 1 unspecified atom stereocenters. The molecule has 0 aliphatic carbocycles. The molecule has 2 aromatic rings. The summed E-state index contributed by atoms with van der Waals surface area (Å²) in [6.07, 6.45) is 9.75. The molecule has 0 spiro atoms. The number of rotatable bonds is 6. The fourth-order valence-corrected chi connectivity index (χ4v) is 5.71. The van der Waals surface area contributed by atoms with Crippen LogP contribution in [0.3, 0.4) is 0 Å². The van der Waals surface area contributed by atoms with Crippen molar-refractivity contribution in [3.8, 4) is 0 Å². The third kappa shape index (κ3) is 4.85. The zero-order chi connectivity index (χ0) is 25.2. The predicted molar refractivity (Wildman–Crippen MR) is 139 cm³/mol. The fraction of sp³-hybridized carbons (Fsp3) is 0.593. The average molecular weight is 510 g/mol. The van der Waals surface area contributed by atoms with Gasteiger partial charge in [0, 0.05) is 89.3 Å². The molecule has 4 aliphatic heterocycles. The van der Waals surface area contributed by atoms with E-state index >= 15 is 0 Å². The number of carbonyl (C=O) groups is 1. The molecule has 0 aromatic carbocycles. The molecule has 198 valence electrons. The number of amides is 1. The van der Waals surface area contributed by atoms with E-state index in [0.717, 1.165) is 61.6 Å². The lowest BCUT2D eigenvalue weighted by molar-refractivity contribution is -0.128. The number of anilines is 1. The van der Waals surface area contributed by atoms with Gasteiger partial charge in [-0.15, -0.1) is 0 Å². The summed E-state index contributed by atoms with van der Waals surface area (Å²) in [5.41, 5.74) is 3.99. The van der Waals surface area contributed by atoms with E-state index in [1.54, 1.807) is 4.90 Å². The summed E-state index contributed by atoms with van der Waals surface area (Å²) < 4.78 is 24.4. The normalized spacial score (nSPS) is 24.1. The smallest absolute Gasteiger partial charge is 0.410 e. The lowest BCUT2D eigenvalue weighted by Crippen LogP contribution is -2.51. The molecule has 6 heterocycles. The van der Waals surface area contributed by atoms with Crippen molar-refractivity contribution >= 4 is 23.0 Å². The second kappa shape index (κ2) is 10.4. The van der Waals surface area contributed by atoms with Gasteiger partial charge in [0.05, 0.1) is 35.7 Å². The number of hydrogen-bond donors (Lipinski definition) is 0. The topological polar surface area (TPSA) is 90.1 Å². The minimum absolute atomic E-state index is 0.0992. The third-order valence-corrected chi connectivity index (χ3v) is 7.93. The first-order valence-electron chi connectivity index (χ1n) is 13.4. The van der Waals surface area contributed by atoms with Crippen LogP contribution in [0.5, 0.6) is 0 Å². The molecule has 2 aromatic heterocycles. The van der Waals surface area contributed by atoms with Crippen LogP contribution in [0.2, 0.25) is 0 Å². The van der Waals surface area contributed by atoms with Crippen molar-refractivity contribution in [2.75, 3.05) is 70.7 Å². The molecule has 3 fully saturated rings. The van der Waals surface area contributed by atoms with Gasteiger partial charge in [-0.1, -0.05) is 6.08 Å². The van der Waals surface area contributed by atoms with Crippen LogP contribution in [0.15, 0.2) is 41.7 Å². The van der Waals surface area contributed by atoms with Gasteiger partial charge in [-0.05, 0) is 25.1 Å². The van der Waals surface area contributed by atoms with Crippen molar-refractivity contribution in [1.29, 1.82) is 0 Å². The lowest BCUT2D eigenvalue weighted by atomic mass is 9.79. The standard InChI is InChI=1S/C27H35N5O5/c1-2-36-27(6-13-34-14-7-27)21-3-4-23(28-16-21)20-15-25-24(5-8-29-32(25)17-20)30-9-11-31(12-10-30)26(33)37-22-18-35-19-22/h3-5,8,15,17,21-22H,2,6-7,9-14,16,18-19H2,1H3. The summed E-state index contributed by atoms with van der Waals surface area (Å²) in [4.78, 5) is 21.5. The zero-order valence-corrected chi connectivity index (χ0v) is 21.4. The first kappa shape index (κ1) is 24.4. The second-order valence-electron chi connectivity index (χ2n) is 10.1. The van der Waals surface area contributed by atoms with Gasteiger partial charge >= 0.3 is 6.09 Å². The molecule has 10 heteroatoms. The van der Waals surface area contributed by atoms with Crippen LogP contribution in [0.4, 0.5) is 10.5 Å². The molecule has 3 saturated heterocycles. The Labute approximate surface area is 216 Å². The molecule has 10 nitrogen and oxygen atoms in total. The summed E-state index contributed by atoms with van der Waals surface area (Å²) in [5.74, 6) is 0.255. The van der Waals surface area contributed by atoms with Gasteiger partial charge in [0.1, 0.15) is 0 Å². The van der Waals surface area contributed by atoms with Gasteiger partial charge in [0.15, 0.2) is 6.10 Å². The highest BCUT2D eigenvalue weighted by atomic mass is 16.6. The zero-order valence-electron chi connectivity index (χ0n) is 21.4. The van der Waals surface area contributed by atoms with Crippen molar-refractivity contribution < 1.29 is 23.7 Å². The average Bonchev–Trinajstić information content (AvgIpc) is 3.36. The summed E-state index contributed by atoms with van der Waals surface area (Å²) in [7, 11) is 0. The van der Waals surface area contributed by atoms with Gasteiger partial charge < -0.3 is 28.7 Å². The number of aromatic nitrogens is 2. The molecule has 37 heavy (non-hydrogen) atoms. The van der Waals surface area contributed by atoms with E-state index in [1.807, 2.05) is 23.0 Å². The van der Waals surface area contributed by atoms with Crippen LogP contribution in [-0.2, 0) is 18.9 Å². The van der Waals surface area contributed by atoms with Gasteiger partial charge in [-0.25, -0.2) is 9.31 Å². The van der Waals surface area contributed by atoms with Gasteiger partial charge in [-0.3, -0.25) is 4.99 Å². The molecular formula is C27H35N5O5. The Morgan fingerprint density at radius 1 is 1.16 bits per heavy atom. The number of piperazine rings is 1. The minimum Gasteiger partial charge on any atom is -0.441 e. The van der Waals surface area contributed by atoms with E-state index in [0.29, 0.717) is 39.5 Å². The Morgan fingerprint density at radius 3 is 2.65 bits per heavy atom. The van der Waals surface area contributed by atoms with Gasteiger partial charge in [0.2, 0.25) is 0 Å². The van der Waals surface area contributed by atoms with Crippen LogP contribution >= 0.6 is 0 Å². The Kier molecular flexibility index (Phi) is 6.88. The van der Waals surface area contributed by atoms with E-state index in [4.69, 9.17) is 23.9 Å². The Morgan fingerprint density at radius 2 is 1.97 bits per heavy atom. The molecule has 0 bridgehead atoms. The maximum absolute atomic E-state index is 12.4. The van der Waals surface area contributed by atoms with Crippen molar-refractivity contribution in [3.63, 3.8) is 0 Å². The first-order valence-corrected chi connectivity index (χ1v) is 13.4. The highest BCUT2D eigenvalue weighted by Crippen LogP contribution is 2.36. The highest BCUT2D eigenvalue weighted by molar-refractivity contribution is 6.10.